The minimum Gasteiger partial charge on any atom is -0.504 e. The lowest BCUT2D eigenvalue weighted by atomic mass is 10.1. The largest absolute Gasteiger partial charge is 0.504 e. The Bertz CT molecular complexity index is 783. The lowest BCUT2D eigenvalue weighted by Crippen LogP contribution is -1.87. The zero-order chi connectivity index (χ0) is 14.8. The van der Waals surface area contributed by atoms with E-state index in [-0.39, 0.29) is 5.75 Å². The summed E-state index contributed by atoms with van der Waals surface area (Å²) in [5.41, 5.74) is 2.51. The van der Waals surface area contributed by atoms with Crippen LogP contribution in [0.1, 0.15) is 5.56 Å². The molecule has 0 amide bonds. The molecule has 1 aromatic carbocycles. The molecule has 21 heavy (non-hydrogen) atoms. The molecule has 0 unspecified atom stereocenters. The highest BCUT2D eigenvalue weighted by atomic mass is 16.5. The number of hydrogen-bond donors (Lipinski definition) is 1. The maximum Gasteiger partial charge on any atom is 0.258 e. The summed E-state index contributed by atoms with van der Waals surface area (Å²) in [6.45, 7) is 1.93. The molecule has 106 valence electrons. The van der Waals surface area contributed by atoms with Crippen LogP contribution < -0.4 is 4.74 Å². The maximum atomic E-state index is 9.60. The molecule has 6 heteroatoms. The number of aromatic hydroxyl groups is 1. The van der Waals surface area contributed by atoms with E-state index in [4.69, 9.17) is 9.26 Å². The second-order valence-electron chi connectivity index (χ2n) is 4.50. The normalized spacial score (nSPS) is 10.6. The van der Waals surface area contributed by atoms with Gasteiger partial charge >= 0.3 is 0 Å². The molecule has 0 fully saturated rings. The first kappa shape index (κ1) is 13.1. The van der Waals surface area contributed by atoms with Crippen molar-refractivity contribution in [3.63, 3.8) is 0 Å². The van der Waals surface area contributed by atoms with Gasteiger partial charge in [-0.15, -0.1) is 0 Å². The van der Waals surface area contributed by atoms with Crippen molar-refractivity contribution in [2.75, 3.05) is 7.11 Å². The number of methoxy groups -OCH3 is 1. The van der Waals surface area contributed by atoms with Crippen molar-refractivity contribution in [1.82, 2.24) is 15.1 Å². The van der Waals surface area contributed by atoms with Crippen LogP contribution in [0.25, 0.3) is 22.8 Å². The summed E-state index contributed by atoms with van der Waals surface area (Å²) in [6.07, 6.45) is 3.43. The maximum absolute atomic E-state index is 9.60. The predicted octanol–water partition coefficient (Wildman–Crippen LogP) is 2.82. The molecule has 2 aromatic heterocycles. The predicted molar refractivity (Wildman–Crippen MR) is 75.9 cm³/mol. The minimum absolute atomic E-state index is 0.0611. The van der Waals surface area contributed by atoms with Gasteiger partial charge in [0.2, 0.25) is 5.82 Å². The molecule has 0 bridgehead atoms. The van der Waals surface area contributed by atoms with Crippen molar-refractivity contribution in [2.24, 2.45) is 0 Å². The number of phenols is 1. The number of pyridine rings is 1. The fourth-order valence-corrected chi connectivity index (χ4v) is 1.99. The van der Waals surface area contributed by atoms with Crippen LogP contribution in [0, 0.1) is 6.92 Å². The average molecular weight is 283 g/mol. The highest BCUT2D eigenvalue weighted by Crippen LogP contribution is 2.31. The molecule has 1 N–H and O–H groups in total. The molecule has 0 spiro atoms. The van der Waals surface area contributed by atoms with Gasteiger partial charge in [-0.05, 0) is 36.8 Å². The lowest BCUT2D eigenvalue weighted by Gasteiger charge is -2.03. The van der Waals surface area contributed by atoms with Crippen molar-refractivity contribution < 1.29 is 14.4 Å². The van der Waals surface area contributed by atoms with Gasteiger partial charge in [-0.1, -0.05) is 5.16 Å². The monoisotopic (exact) mass is 283 g/mol. The van der Waals surface area contributed by atoms with Gasteiger partial charge in [-0.25, -0.2) is 0 Å². The van der Waals surface area contributed by atoms with Gasteiger partial charge in [0, 0.05) is 23.5 Å². The number of ether oxygens (including phenoxy) is 1. The Labute approximate surface area is 121 Å². The zero-order valence-corrected chi connectivity index (χ0v) is 11.6. The molecule has 0 atom stereocenters. The molecule has 0 aliphatic rings. The minimum atomic E-state index is 0.0611. The van der Waals surface area contributed by atoms with Gasteiger partial charge in [0.25, 0.3) is 5.89 Å². The molecular formula is C15H13N3O3. The summed E-state index contributed by atoms with van der Waals surface area (Å²) in [5, 5.41) is 13.6. The summed E-state index contributed by atoms with van der Waals surface area (Å²) >= 11 is 0. The fourth-order valence-electron chi connectivity index (χ4n) is 1.99. The van der Waals surface area contributed by atoms with Gasteiger partial charge in [-0.2, -0.15) is 4.98 Å². The number of aryl methyl sites for hydroxylation is 1. The first-order valence-corrected chi connectivity index (χ1v) is 6.31. The fraction of sp³-hybridized carbons (Fsp3) is 0.133. The number of phenolic OH excluding ortho intramolecular Hbond substituents is 1. The quantitative estimate of drug-likeness (QED) is 0.796. The number of hydrogen-bond acceptors (Lipinski definition) is 6. The van der Waals surface area contributed by atoms with Gasteiger partial charge in [0.15, 0.2) is 11.5 Å². The van der Waals surface area contributed by atoms with E-state index in [1.54, 1.807) is 24.5 Å². The van der Waals surface area contributed by atoms with Crippen LogP contribution in [0.2, 0.25) is 0 Å². The highest BCUT2D eigenvalue weighted by molar-refractivity contribution is 5.64. The summed E-state index contributed by atoms with van der Waals surface area (Å²) < 4.78 is 10.4. The molecule has 0 saturated carbocycles. The Morgan fingerprint density at radius 3 is 2.86 bits per heavy atom. The molecule has 0 aliphatic heterocycles. The van der Waals surface area contributed by atoms with Crippen molar-refractivity contribution in [1.29, 1.82) is 0 Å². The molecule has 3 rings (SSSR count). The van der Waals surface area contributed by atoms with E-state index in [1.165, 1.54) is 13.2 Å². The van der Waals surface area contributed by atoms with Crippen molar-refractivity contribution in [3.8, 4) is 34.3 Å². The number of benzene rings is 1. The first-order valence-electron chi connectivity index (χ1n) is 6.31. The first-order chi connectivity index (χ1) is 10.2. The second-order valence-corrected chi connectivity index (χ2v) is 4.50. The number of nitrogens with zero attached hydrogens (tertiary/aromatic N) is 3. The summed E-state index contributed by atoms with van der Waals surface area (Å²) in [7, 11) is 1.48. The van der Waals surface area contributed by atoms with Crippen molar-refractivity contribution in [2.45, 2.75) is 6.92 Å². The summed E-state index contributed by atoms with van der Waals surface area (Å²) in [6, 6.07) is 6.69. The van der Waals surface area contributed by atoms with Gasteiger partial charge < -0.3 is 14.4 Å². The average Bonchev–Trinajstić information content (AvgIpc) is 2.98. The van der Waals surface area contributed by atoms with Gasteiger partial charge in [-0.3, -0.25) is 4.98 Å². The second kappa shape index (κ2) is 5.24. The smallest absolute Gasteiger partial charge is 0.258 e. The van der Waals surface area contributed by atoms with Crippen LogP contribution in [0.15, 0.2) is 41.2 Å². The van der Waals surface area contributed by atoms with Crippen LogP contribution in [-0.2, 0) is 0 Å². The Kier molecular flexibility index (Phi) is 3.27. The van der Waals surface area contributed by atoms with Crippen LogP contribution >= 0.6 is 0 Å². The zero-order valence-electron chi connectivity index (χ0n) is 11.6. The van der Waals surface area contributed by atoms with E-state index >= 15 is 0 Å². The van der Waals surface area contributed by atoms with Crippen LogP contribution in [0.5, 0.6) is 11.5 Å². The Balaban J connectivity index is 2.01. The molecule has 6 nitrogen and oxygen atoms in total. The van der Waals surface area contributed by atoms with Gasteiger partial charge in [0.05, 0.1) is 7.11 Å². The Hall–Kier alpha value is -2.89. The van der Waals surface area contributed by atoms with E-state index < -0.39 is 0 Å². The van der Waals surface area contributed by atoms with E-state index in [2.05, 4.69) is 15.1 Å². The third kappa shape index (κ3) is 2.43. The topological polar surface area (TPSA) is 81.3 Å². The van der Waals surface area contributed by atoms with Crippen LogP contribution in [-0.4, -0.2) is 27.3 Å². The molecular weight excluding hydrogens is 270 g/mol. The molecule has 2 heterocycles. The third-order valence-electron chi connectivity index (χ3n) is 3.11. The Morgan fingerprint density at radius 2 is 2.10 bits per heavy atom. The van der Waals surface area contributed by atoms with E-state index in [0.717, 1.165) is 11.1 Å². The van der Waals surface area contributed by atoms with Gasteiger partial charge in [0.1, 0.15) is 0 Å². The van der Waals surface area contributed by atoms with E-state index in [9.17, 15) is 5.11 Å². The summed E-state index contributed by atoms with van der Waals surface area (Å²) in [4.78, 5) is 8.41. The van der Waals surface area contributed by atoms with Crippen LogP contribution in [0.3, 0.4) is 0 Å². The number of rotatable bonds is 3. The van der Waals surface area contributed by atoms with E-state index in [1.807, 2.05) is 13.0 Å². The standard InChI is InChI=1S/C15H13N3O3/c1-9-8-16-6-5-11(9)14-17-15(21-18-14)10-3-4-12(19)13(7-10)20-2/h3-8,19H,1-2H3. The van der Waals surface area contributed by atoms with Crippen LogP contribution in [0.4, 0.5) is 0 Å². The molecule has 0 radical (unpaired) electrons. The Morgan fingerprint density at radius 1 is 1.24 bits per heavy atom. The molecule has 0 aliphatic carbocycles. The van der Waals surface area contributed by atoms with Crippen molar-refractivity contribution >= 4 is 0 Å². The molecule has 3 aromatic rings. The SMILES string of the molecule is COc1cc(-c2nc(-c3ccncc3C)no2)ccc1O. The summed E-state index contributed by atoms with van der Waals surface area (Å²) in [5.74, 6) is 1.27. The van der Waals surface area contributed by atoms with Crippen molar-refractivity contribution in [3.05, 3.63) is 42.2 Å². The number of aromatic nitrogens is 3. The highest BCUT2D eigenvalue weighted by Gasteiger charge is 2.14. The lowest BCUT2D eigenvalue weighted by molar-refractivity contribution is 0.373. The molecule has 0 saturated heterocycles. The third-order valence-corrected chi connectivity index (χ3v) is 3.11. The van der Waals surface area contributed by atoms with E-state index in [0.29, 0.717) is 23.0 Å².